The van der Waals surface area contributed by atoms with Gasteiger partial charge in [0.15, 0.2) is 9.84 Å². The van der Waals surface area contributed by atoms with Crippen molar-refractivity contribution in [2.45, 2.75) is 32.9 Å². The standard InChI is InChI=1S/C10H22N2O2S/c1-8(10(3)11)6-12-4-5-15(13,14)7-9(12)2/h8-10H,4-7,11H2,1-3H3. The van der Waals surface area contributed by atoms with Gasteiger partial charge in [-0.25, -0.2) is 8.42 Å². The molecule has 15 heavy (non-hydrogen) atoms. The van der Waals surface area contributed by atoms with E-state index in [9.17, 15) is 8.42 Å². The van der Waals surface area contributed by atoms with Crippen molar-refractivity contribution < 1.29 is 8.42 Å². The number of hydrogen-bond donors (Lipinski definition) is 1. The van der Waals surface area contributed by atoms with Crippen LogP contribution in [0.5, 0.6) is 0 Å². The zero-order valence-corrected chi connectivity index (χ0v) is 10.6. The summed E-state index contributed by atoms with van der Waals surface area (Å²) in [5.74, 6) is 0.995. The summed E-state index contributed by atoms with van der Waals surface area (Å²) in [4.78, 5) is 2.23. The van der Waals surface area contributed by atoms with Gasteiger partial charge in [0.2, 0.25) is 0 Å². The smallest absolute Gasteiger partial charge is 0.153 e. The molecule has 3 atom stereocenters. The van der Waals surface area contributed by atoms with Crippen molar-refractivity contribution in [1.82, 2.24) is 4.90 Å². The van der Waals surface area contributed by atoms with E-state index in [0.29, 0.717) is 24.0 Å². The van der Waals surface area contributed by atoms with Crippen LogP contribution in [0.25, 0.3) is 0 Å². The summed E-state index contributed by atoms with van der Waals surface area (Å²) in [6.07, 6.45) is 0. The maximum atomic E-state index is 11.4. The fourth-order valence-corrected chi connectivity index (χ4v) is 3.47. The summed E-state index contributed by atoms with van der Waals surface area (Å²) in [6.45, 7) is 7.63. The van der Waals surface area contributed by atoms with E-state index in [-0.39, 0.29) is 12.1 Å². The summed E-state index contributed by atoms with van der Waals surface area (Å²) in [5, 5.41) is 0. The lowest BCUT2D eigenvalue weighted by Crippen LogP contribution is -2.49. The molecule has 1 saturated heterocycles. The molecule has 0 aromatic heterocycles. The molecule has 0 bridgehead atoms. The van der Waals surface area contributed by atoms with E-state index < -0.39 is 9.84 Å². The average Bonchev–Trinajstić information content (AvgIpc) is 2.08. The normalized spacial score (nSPS) is 31.1. The molecule has 5 heteroatoms. The highest BCUT2D eigenvalue weighted by molar-refractivity contribution is 7.91. The highest BCUT2D eigenvalue weighted by Gasteiger charge is 2.29. The minimum atomic E-state index is -2.79. The van der Waals surface area contributed by atoms with Gasteiger partial charge in [-0.15, -0.1) is 0 Å². The number of sulfone groups is 1. The number of nitrogens with two attached hydrogens (primary N) is 1. The molecule has 0 saturated carbocycles. The van der Waals surface area contributed by atoms with Crippen LogP contribution in [-0.4, -0.2) is 50.0 Å². The molecule has 0 aromatic carbocycles. The van der Waals surface area contributed by atoms with Crippen molar-refractivity contribution in [3.8, 4) is 0 Å². The molecule has 1 fully saturated rings. The van der Waals surface area contributed by atoms with E-state index >= 15 is 0 Å². The molecule has 2 N–H and O–H groups in total. The molecule has 0 radical (unpaired) electrons. The van der Waals surface area contributed by atoms with Gasteiger partial charge in [-0.3, -0.25) is 4.90 Å². The van der Waals surface area contributed by atoms with E-state index in [2.05, 4.69) is 11.8 Å². The average molecular weight is 234 g/mol. The predicted octanol–water partition coefficient (Wildman–Crippen LogP) is 0.0886. The summed E-state index contributed by atoms with van der Waals surface area (Å²) in [7, 11) is -2.79. The fourth-order valence-electron chi connectivity index (χ4n) is 1.84. The van der Waals surface area contributed by atoms with Crippen molar-refractivity contribution in [2.24, 2.45) is 11.7 Å². The first-order valence-electron chi connectivity index (χ1n) is 5.52. The molecule has 0 aliphatic carbocycles. The van der Waals surface area contributed by atoms with Crippen LogP contribution in [0.4, 0.5) is 0 Å². The second-order valence-electron chi connectivity index (χ2n) is 4.79. The molecule has 1 heterocycles. The van der Waals surface area contributed by atoms with Gasteiger partial charge in [0.25, 0.3) is 0 Å². The van der Waals surface area contributed by atoms with Crippen LogP contribution in [0.1, 0.15) is 20.8 Å². The van der Waals surface area contributed by atoms with Gasteiger partial charge in [-0.05, 0) is 19.8 Å². The zero-order valence-electron chi connectivity index (χ0n) is 9.81. The quantitative estimate of drug-likeness (QED) is 0.751. The summed E-state index contributed by atoms with van der Waals surface area (Å²) in [6, 6.07) is 0.292. The van der Waals surface area contributed by atoms with Crippen LogP contribution in [0.2, 0.25) is 0 Å². The van der Waals surface area contributed by atoms with Gasteiger partial charge in [-0.2, -0.15) is 0 Å². The van der Waals surface area contributed by atoms with Crippen molar-refractivity contribution in [3.05, 3.63) is 0 Å². The van der Waals surface area contributed by atoms with Crippen molar-refractivity contribution in [3.63, 3.8) is 0 Å². The topological polar surface area (TPSA) is 63.4 Å². The van der Waals surface area contributed by atoms with E-state index in [1.807, 2.05) is 13.8 Å². The Morgan fingerprint density at radius 1 is 1.47 bits per heavy atom. The van der Waals surface area contributed by atoms with E-state index in [1.165, 1.54) is 0 Å². The van der Waals surface area contributed by atoms with Crippen LogP contribution in [0.15, 0.2) is 0 Å². The molecule has 1 aliphatic rings. The minimum absolute atomic E-state index is 0.130. The van der Waals surface area contributed by atoms with Crippen molar-refractivity contribution >= 4 is 9.84 Å². The molecule has 1 aliphatic heterocycles. The lowest BCUT2D eigenvalue weighted by molar-refractivity contribution is 0.188. The Bertz CT molecular complexity index is 301. The first-order chi connectivity index (χ1) is 6.82. The minimum Gasteiger partial charge on any atom is -0.328 e. The molecule has 3 unspecified atom stereocenters. The zero-order chi connectivity index (χ0) is 11.6. The van der Waals surface area contributed by atoms with Crippen LogP contribution >= 0.6 is 0 Å². The molecule has 0 spiro atoms. The largest absolute Gasteiger partial charge is 0.328 e. The van der Waals surface area contributed by atoms with E-state index in [4.69, 9.17) is 5.73 Å². The first kappa shape index (κ1) is 12.9. The lowest BCUT2D eigenvalue weighted by Gasteiger charge is -2.35. The number of nitrogens with zero attached hydrogens (tertiary/aromatic N) is 1. The maximum absolute atomic E-state index is 11.4. The highest BCUT2D eigenvalue weighted by atomic mass is 32.2. The first-order valence-corrected chi connectivity index (χ1v) is 7.34. The predicted molar refractivity (Wildman–Crippen MR) is 62.5 cm³/mol. The summed E-state index contributed by atoms with van der Waals surface area (Å²) >= 11 is 0. The second-order valence-corrected chi connectivity index (χ2v) is 7.02. The molecule has 4 nitrogen and oxygen atoms in total. The van der Waals surface area contributed by atoms with Gasteiger partial charge in [0.05, 0.1) is 11.5 Å². The van der Waals surface area contributed by atoms with Crippen LogP contribution in [0.3, 0.4) is 0 Å². The summed E-state index contributed by atoms with van der Waals surface area (Å²) in [5.41, 5.74) is 5.81. The highest BCUT2D eigenvalue weighted by Crippen LogP contribution is 2.14. The Labute approximate surface area is 92.7 Å². The van der Waals surface area contributed by atoms with Crippen LogP contribution in [-0.2, 0) is 9.84 Å². The van der Waals surface area contributed by atoms with Crippen LogP contribution in [0, 0.1) is 5.92 Å². The van der Waals surface area contributed by atoms with Crippen molar-refractivity contribution in [2.75, 3.05) is 24.6 Å². The third-order valence-corrected chi connectivity index (χ3v) is 5.02. The molecular formula is C10H22N2O2S. The summed E-state index contributed by atoms with van der Waals surface area (Å²) < 4.78 is 22.7. The van der Waals surface area contributed by atoms with Crippen molar-refractivity contribution in [1.29, 1.82) is 0 Å². The van der Waals surface area contributed by atoms with Gasteiger partial charge in [-0.1, -0.05) is 6.92 Å². The SMILES string of the molecule is CC(N)C(C)CN1CCS(=O)(=O)CC1C. The van der Waals surface area contributed by atoms with Crippen LogP contribution < -0.4 is 5.73 Å². The van der Waals surface area contributed by atoms with Gasteiger partial charge >= 0.3 is 0 Å². The van der Waals surface area contributed by atoms with Gasteiger partial charge in [0, 0.05) is 25.2 Å². The fraction of sp³-hybridized carbons (Fsp3) is 1.00. The maximum Gasteiger partial charge on any atom is 0.153 e. The Hall–Kier alpha value is -0.130. The Balaban J connectivity index is 2.52. The molecule has 0 aromatic rings. The van der Waals surface area contributed by atoms with Gasteiger partial charge in [0.1, 0.15) is 0 Å². The van der Waals surface area contributed by atoms with E-state index in [1.54, 1.807) is 0 Å². The molecular weight excluding hydrogens is 212 g/mol. The molecule has 0 amide bonds. The Morgan fingerprint density at radius 3 is 2.53 bits per heavy atom. The Kier molecular flexibility index (Phi) is 4.14. The lowest BCUT2D eigenvalue weighted by atomic mass is 10.0. The monoisotopic (exact) mass is 234 g/mol. The number of hydrogen-bond acceptors (Lipinski definition) is 4. The van der Waals surface area contributed by atoms with E-state index in [0.717, 1.165) is 6.54 Å². The molecule has 1 rings (SSSR count). The van der Waals surface area contributed by atoms with Gasteiger partial charge < -0.3 is 5.73 Å². The Morgan fingerprint density at radius 2 is 2.07 bits per heavy atom. The number of rotatable bonds is 3. The molecule has 90 valence electrons. The second kappa shape index (κ2) is 4.80. The third kappa shape index (κ3) is 3.74. The third-order valence-electron chi connectivity index (χ3n) is 3.23.